The molecule has 0 aliphatic heterocycles. The average molecular weight is 433 g/mol. The van der Waals surface area contributed by atoms with Gasteiger partial charge in [-0.3, -0.25) is 0 Å². The summed E-state index contributed by atoms with van der Waals surface area (Å²) in [5.74, 6) is 2.57. The van der Waals surface area contributed by atoms with Crippen molar-refractivity contribution in [3.63, 3.8) is 0 Å². The maximum Gasteiger partial charge on any atom is 0.0512 e. The molecule has 0 aromatic heterocycles. The van der Waals surface area contributed by atoms with E-state index in [1.165, 1.54) is 33.9 Å². The van der Waals surface area contributed by atoms with Gasteiger partial charge in [-0.25, -0.2) is 0 Å². The molecule has 0 saturated heterocycles. The lowest BCUT2D eigenvalue weighted by atomic mass is 9.49. The van der Waals surface area contributed by atoms with E-state index in [9.17, 15) is 0 Å². The second-order valence-electron chi connectivity index (χ2n) is 10.8. The van der Waals surface area contributed by atoms with Crippen molar-refractivity contribution in [3.05, 3.63) is 143 Å². The molecule has 9 rings (SSSR count). The molecule has 5 aromatic carbocycles. The van der Waals surface area contributed by atoms with E-state index in [-0.39, 0.29) is 5.41 Å². The molecule has 0 heteroatoms. The van der Waals surface area contributed by atoms with Gasteiger partial charge in [0.15, 0.2) is 0 Å². The second kappa shape index (κ2) is 5.88. The van der Waals surface area contributed by atoms with Crippen LogP contribution in [-0.2, 0) is 11.8 Å². The van der Waals surface area contributed by atoms with E-state index in [0.29, 0.717) is 17.8 Å². The minimum absolute atomic E-state index is 0.0767. The Morgan fingerprint density at radius 2 is 1.26 bits per heavy atom. The SMILES string of the molecule is c1ccc2c(c1)CC1[C@H]3c4ccccc4C4(c5ccccc5-c5ccc6ccccc6c54)[C@H]3[C@@H]21. The fourth-order valence-electron chi connectivity index (χ4n) is 8.84. The zero-order valence-corrected chi connectivity index (χ0v) is 18.9. The van der Waals surface area contributed by atoms with Crippen molar-refractivity contribution in [3.8, 4) is 11.1 Å². The number of hydrogen-bond acceptors (Lipinski definition) is 0. The van der Waals surface area contributed by atoms with Gasteiger partial charge in [0.1, 0.15) is 0 Å². The molecule has 4 aliphatic carbocycles. The molecule has 0 amide bonds. The molecule has 0 heterocycles. The number of rotatable bonds is 0. The van der Waals surface area contributed by atoms with Gasteiger partial charge in [-0.15, -0.1) is 0 Å². The first-order chi connectivity index (χ1) is 16.9. The zero-order valence-electron chi connectivity index (χ0n) is 18.9. The van der Waals surface area contributed by atoms with E-state index in [4.69, 9.17) is 0 Å². The van der Waals surface area contributed by atoms with E-state index in [0.717, 1.165) is 5.92 Å². The van der Waals surface area contributed by atoms with E-state index in [2.05, 4.69) is 109 Å². The molecule has 160 valence electrons. The summed E-state index contributed by atoms with van der Waals surface area (Å²) in [7, 11) is 0. The van der Waals surface area contributed by atoms with Crippen LogP contribution in [0.15, 0.2) is 109 Å². The lowest BCUT2D eigenvalue weighted by Gasteiger charge is -2.53. The van der Waals surface area contributed by atoms with Crippen molar-refractivity contribution < 1.29 is 0 Å². The minimum Gasteiger partial charge on any atom is -0.0620 e. The van der Waals surface area contributed by atoms with Gasteiger partial charge >= 0.3 is 0 Å². The predicted molar refractivity (Wildman–Crippen MR) is 138 cm³/mol. The molecular formula is C34H24. The van der Waals surface area contributed by atoms with E-state index in [1.54, 1.807) is 27.8 Å². The predicted octanol–water partition coefficient (Wildman–Crippen LogP) is 7.84. The van der Waals surface area contributed by atoms with Gasteiger partial charge < -0.3 is 0 Å². The van der Waals surface area contributed by atoms with Gasteiger partial charge in [-0.2, -0.15) is 0 Å². The molecule has 5 atom stereocenters. The molecule has 1 fully saturated rings. The molecule has 0 bridgehead atoms. The summed E-state index contributed by atoms with van der Waals surface area (Å²) in [4.78, 5) is 0. The van der Waals surface area contributed by atoms with Crippen LogP contribution in [0.5, 0.6) is 0 Å². The van der Waals surface area contributed by atoms with Gasteiger partial charge in [0.25, 0.3) is 0 Å². The number of benzene rings is 5. The third-order valence-corrected chi connectivity index (χ3v) is 9.78. The van der Waals surface area contributed by atoms with Crippen molar-refractivity contribution in [1.29, 1.82) is 0 Å². The summed E-state index contributed by atoms with van der Waals surface area (Å²) < 4.78 is 0. The minimum atomic E-state index is -0.0767. The average Bonchev–Trinajstić information content (AvgIpc) is 3.45. The first kappa shape index (κ1) is 17.8. The summed E-state index contributed by atoms with van der Waals surface area (Å²) in [5.41, 5.74) is 12.3. The van der Waals surface area contributed by atoms with Crippen LogP contribution in [0.4, 0.5) is 0 Å². The lowest BCUT2D eigenvalue weighted by Crippen LogP contribution is -2.48. The Bertz CT molecular complexity index is 1670. The number of fused-ring (bicyclic) bond motifs is 17. The topological polar surface area (TPSA) is 0 Å². The van der Waals surface area contributed by atoms with Gasteiger partial charge in [-0.05, 0) is 85.4 Å². The summed E-state index contributed by atoms with van der Waals surface area (Å²) >= 11 is 0. The number of hydrogen-bond donors (Lipinski definition) is 0. The highest BCUT2D eigenvalue weighted by Gasteiger charge is 2.70. The smallest absolute Gasteiger partial charge is 0.0512 e. The van der Waals surface area contributed by atoms with Crippen LogP contribution >= 0.6 is 0 Å². The molecular weight excluding hydrogens is 408 g/mol. The zero-order chi connectivity index (χ0) is 22.0. The second-order valence-corrected chi connectivity index (χ2v) is 10.8. The van der Waals surface area contributed by atoms with Gasteiger partial charge in [0.05, 0.1) is 5.41 Å². The van der Waals surface area contributed by atoms with Crippen LogP contribution in [0.2, 0.25) is 0 Å². The van der Waals surface area contributed by atoms with Crippen molar-refractivity contribution in [2.75, 3.05) is 0 Å². The maximum absolute atomic E-state index is 2.46. The largest absolute Gasteiger partial charge is 0.0620 e. The van der Waals surface area contributed by atoms with Crippen LogP contribution in [-0.4, -0.2) is 0 Å². The molecule has 5 aromatic rings. The van der Waals surface area contributed by atoms with Crippen molar-refractivity contribution in [2.24, 2.45) is 11.8 Å². The molecule has 2 unspecified atom stereocenters. The highest BCUT2D eigenvalue weighted by molar-refractivity contribution is 5.99. The third-order valence-electron chi connectivity index (χ3n) is 9.78. The molecule has 0 N–H and O–H groups in total. The van der Waals surface area contributed by atoms with Gasteiger partial charge in [0, 0.05) is 0 Å². The molecule has 1 spiro atoms. The summed E-state index contributed by atoms with van der Waals surface area (Å²) in [5, 5.41) is 2.79. The highest BCUT2D eigenvalue weighted by Crippen LogP contribution is 2.77. The van der Waals surface area contributed by atoms with E-state index < -0.39 is 0 Å². The Morgan fingerprint density at radius 3 is 2.21 bits per heavy atom. The van der Waals surface area contributed by atoms with Crippen molar-refractivity contribution in [1.82, 2.24) is 0 Å². The summed E-state index contributed by atoms with van der Waals surface area (Å²) in [6.07, 6.45) is 1.23. The van der Waals surface area contributed by atoms with Crippen LogP contribution in [0.3, 0.4) is 0 Å². The van der Waals surface area contributed by atoms with Gasteiger partial charge in [0.2, 0.25) is 0 Å². The Hall–Kier alpha value is -3.64. The van der Waals surface area contributed by atoms with Gasteiger partial charge in [-0.1, -0.05) is 109 Å². The standard InChI is InChI=1S/C34H24/c1-4-12-23-20(9-1)17-18-25-24-13-5-7-15-28(24)34(32(23)25)29-16-8-6-14-26(29)31-27-19-21-10-2-3-11-22(21)30(27)33(31)34/h1-18,27,30-31,33H,19H2/t27?,30-,31+,33-,34?/m0/s1. The van der Waals surface area contributed by atoms with Crippen molar-refractivity contribution in [2.45, 2.75) is 23.7 Å². The first-order valence-electron chi connectivity index (χ1n) is 12.7. The Morgan fingerprint density at radius 1 is 0.559 bits per heavy atom. The van der Waals surface area contributed by atoms with Crippen LogP contribution in [0.25, 0.3) is 21.9 Å². The molecule has 0 radical (unpaired) electrons. The quantitative estimate of drug-likeness (QED) is 0.234. The van der Waals surface area contributed by atoms with Crippen LogP contribution in [0, 0.1) is 11.8 Å². The molecule has 0 nitrogen and oxygen atoms in total. The van der Waals surface area contributed by atoms with Crippen LogP contribution < -0.4 is 0 Å². The normalized spacial score (nSPS) is 28.6. The summed E-state index contributed by atoms with van der Waals surface area (Å²) in [6, 6.07) is 41.9. The Kier molecular flexibility index (Phi) is 3.08. The fourth-order valence-corrected chi connectivity index (χ4v) is 8.84. The monoisotopic (exact) mass is 432 g/mol. The fraction of sp³-hybridized carbons (Fsp3) is 0.176. The summed E-state index contributed by atoms with van der Waals surface area (Å²) in [6.45, 7) is 0. The van der Waals surface area contributed by atoms with E-state index in [1.807, 2.05) is 0 Å². The molecule has 4 aliphatic rings. The lowest BCUT2D eigenvalue weighted by molar-refractivity contribution is 0.0900. The van der Waals surface area contributed by atoms with Crippen LogP contribution in [0.1, 0.15) is 45.2 Å². The third kappa shape index (κ3) is 1.78. The Labute approximate surface area is 199 Å². The first-order valence-corrected chi connectivity index (χ1v) is 12.7. The van der Waals surface area contributed by atoms with Crippen molar-refractivity contribution >= 4 is 10.8 Å². The molecule has 34 heavy (non-hydrogen) atoms. The maximum atomic E-state index is 2.46. The Balaban J connectivity index is 1.46. The van der Waals surface area contributed by atoms with E-state index >= 15 is 0 Å². The highest BCUT2D eigenvalue weighted by atomic mass is 14.7. The molecule has 1 saturated carbocycles.